The summed E-state index contributed by atoms with van der Waals surface area (Å²) in [5.74, 6) is -0.410. The van der Waals surface area contributed by atoms with E-state index in [0.29, 0.717) is 0 Å². The van der Waals surface area contributed by atoms with Gasteiger partial charge in [-0.2, -0.15) is 0 Å². The molecule has 0 unspecified atom stereocenters. The Morgan fingerprint density at radius 2 is 1.36 bits per heavy atom. The lowest BCUT2D eigenvalue weighted by Gasteiger charge is -2.29. The zero-order valence-electron chi connectivity index (χ0n) is 6.90. The van der Waals surface area contributed by atoms with Gasteiger partial charge in [-0.1, -0.05) is 31.9 Å². The number of rotatable bonds is 6. The monoisotopic (exact) mass is 288 g/mol. The van der Waals surface area contributed by atoms with E-state index in [9.17, 15) is 0 Å². The molecule has 0 radical (unpaired) electrons. The van der Waals surface area contributed by atoms with Gasteiger partial charge in [-0.15, -0.1) is 0 Å². The number of halogens is 2. The predicted octanol–water partition coefficient (Wildman–Crippen LogP) is 2.55. The summed E-state index contributed by atoms with van der Waals surface area (Å²) in [6, 6.07) is 0. The average Bonchev–Trinajstić information content (AvgIpc) is 2.04. The molecule has 68 valence electrons. The Hall–Kier alpha value is 0.880. The summed E-state index contributed by atoms with van der Waals surface area (Å²) in [6.07, 6.45) is 1.73. The summed E-state index contributed by atoms with van der Waals surface area (Å²) in [7, 11) is 3.35. The van der Waals surface area contributed by atoms with Crippen LogP contribution in [0, 0.1) is 0 Å². The molecule has 11 heavy (non-hydrogen) atoms. The van der Waals surface area contributed by atoms with E-state index in [1.807, 2.05) is 0 Å². The Kier molecular flexibility index (Phi) is 6.91. The minimum Gasteiger partial charge on any atom is -0.353 e. The van der Waals surface area contributed by atoms with E-state index >= 15 is 0 Å². The van der Waals surface area contributed by atoms with Gasteiger partial charge in [-0.05, 0) is 0 Å². The third kappa shape index (κ3) is 3.87. The molecule has 0 atom stereocenters. The largest absolute Gasteiger partial charge is 0.353 e. The predicted molar refractivity (Wildman–Crippen MR) is 53.6 cm³/mol. The van der Waals surface area contributed by atoms with Gasteiger partial charge in [0, 0.05) is 37.7 Å². The number of ether oxygens (including phenoxy) is 2. The first-order valence-corrected chi connectivity index (χ1v) is 5.71. The molecule has 0 amide bonds. The molecule has 4 heteroatoms. The molecule has 0 aliphatic rings. The second-order valence-electron chi connectivity index (χ2n) is 2.20. The van der Waals surface area contributed by atoms with Crippen LogP contribution < -0.4 is 0 Å². The van der Waals surface area contributed by atoms with Crippen LogP contribution in [-0.4, -0.2) is 30.7 Å². The number of hydrogen-bond donors (Lipinski definition) is 0. The van der Waals surface area contributed by atoms with E-state index in [2.05, 4.69) is 31.9 Å². The second-order valence-corrected chi connectivity index (χ2v) is 3.78. The molecule has 0 aromatic heterocycles. The molecule has 2 nitrogen and oxygen atoms in total. The highest BCUT2D eigenvalue weighted by molar-refractivity contribution is 9.09. The number of methoxy groups -OCH3 is 2. The third-order valence-electron chi connectivity index (χ3n) is 1.69. The van der Waals surface area contributed by atoms with Crippen LogP contribution in [-0.2, 0) is 9.47 Å². The van der Waals surface area contributed by atoms with Crippen LogP contribution in [0.25, 0.3) is 0 Å². The second kappa shape index (κ2) is 6.40. The first kappa shape index (κ1) is 11.9. The van der Waals surface area contributed by atoms with Crippen LogP contribution >= 0.6 is 31.9 Å². The highest BCUT2D eigenvalue weighted by Crippen LogP contribution is 2.22. The lowest BCUT2D eigenvalue weighted by molar-refractivity contribution is -0.207. The van der Waals surface area contributed by atoms with Crippen molar-refractivity contribution in [3.05, 3.63) is 0 Å². The van der Waals surface area contributed by atoms with E-state index in [-0.39, 0.29) is 0 Å². The Morgan fingerprint density at radius 3 is 1.55 bits per heavy atom. The molecule has 0 heterocycles. The van der Waals surface area contributed by atoms with Crippen molar-refractivity contribution in [2.24, 2.45) is 0 Å². The fourth-order valence-corrected chi connectivity index (χ4v) is 2.11. The fraction of sp³-hybridized carbons (Fsp3) is 1.00. The fourth-order valence-electron chi connectivity index (χ4n) is 0.905. The molecule has 0 aromatic rings. The molecule has 0 saturated carbocycles. The normalized spacial score (nSPS) is 12.0. The molecule has 0 aromatic carbocycles. The van der Waals surface area contributed by atoms with Crippen molar-refractivity contribution in [3.8, 4) is 0 Å². The SMILES string of the molecule is COC(CCBr)(CCBr)OC. The Balaban J connectivity index is 3.96. The van der Waals surface area contributed by atoms with Crippen LogP contribution in [0.3, 0.4) is 0 Å². The summed E-state index contributed by atoms with van der Waals surface area (Å²) in [5.41, 5.74) is 0. The van der Waals surface area contributed by atoms with Crippen LogP contribution in [0.1, 0.15) is 12.8 Å². The highest BCUT2D eigenvalue weighted by Gasteiger charge is 2.27. The van der Waals surface area contributed by atoms with Crippen molar-refractivity contribution in [2.75, 3.05) is 24.9 Å². The summed E-state index contributed by atoms with van der Waals surface area (Å²) >= 11 is 6.72. The standard InChI is InChI=1S/C7H14Br2O2/c1-10-7(11-2,3-5-8)4-6-9/h3-6H2,1-2H3. The zero-order chi connectivity index (χ0) is 8.74. The lowest BCUT2D eigenvalue weighted by atomic mass is 10.1. The Morgan fingerprint density at radius 1 is 1.00 bits per heavy atom. The highest BCUT2D eigenvalue weighted by atomic mass is 79.9. The molecule has 0 N–H and O–H groups in total. The van der Waals surface area contributed by atoms with E-state index in [4.69, 9.17) is 9.47 Å². The van der Waals surface area contributed by atoms with Gasteiger partial charge < -0.3 is 9.47 Å². The summed E-state index contributed by atoms with van der Waals surface area (Å²) in [6.45, 7) is 0. The van der Waals surface area contributed by atoms with E-state index in [1.54, 1.807) is 14.2 Å². The topological polar surface area (TPSA) is 18.5 Å². The summed E-state index contributed by atoms with van der Waals surface area (Å²) in [5, 5.41) is 1.78. The molecule has 0 saturated heterocycles. The molecular weight excluding hydrogens is 276 g/mol. The Bertz CT molecular complexity index is 86.4. The molecule has 0 aliphatic carbocycles. The Labute approximate surface area is 84.9 Å². The van der Waals surface area contributed by atoms with Crippen molar-refractivity contribution < 1.29 is 9.47 Å². The molecular formula is C7H14Br2O2. The minimum absolute atomic E-state index is 0.410. The summed E-state index contributed by atoms with van der Waals surface area (Å²) in [4.78, 5) is 0. The van der Waals surface area contributed by atoms with Gasteiger partial charge in [0.25, 0.3) is 0 Å². The third-order valence-corrected chi connectivity index (χ3v) is 2.49. The van der Waals surface area contributed by atoms with Crippen molar-refractivity contribution in [3.63, 3.8) is 0 Å². The lowest BCUT2D eigenvalue weighted by Crippen LogP contribution is -2.34. The van der Waals surface area contributed by atoms with Crippen LogP contribution in [0.4, 0.5) is 0 Å². The van der Waals surface area contributed by atoms with Gasteiger partial charge in [0.15, 0.2) is 5.79 Å². The van der Waals surface area contributed by atoms with Gasteiger partial charge in [0.1, 0.15) is 0 Å². The summed E-state index contributed by atoms with van der Waals surface area (Å²) < 4.78 is 10.6. The van der Waals surface area contributed by atoms with Gasteiger partial charge >= 0.3 is 0 Å². The molecule has 0 fully saturated rings. The quantitative estimate of drug-likeness (QED) is 0.553. The van der Waals surface area contributed by atoms with Crippen molar-refractivity contribution in [1.29, 1.82) is 0 Å². The van der Waals surface area contributed by atoms with Crippen molar-refractivity contribution >= 4 is 31.9 Å². The first-order chi connectivity index (χ1) is 5.24. The minimum atomic E-state index is -0.410. The maximum atomic E-state index is 5.29. The van der Waals surface area contributed by atoms with E-state index in [0.717, 1.165) is 23.5 Å². The van der Waals surface area contributed by atoms with Gasteiger partial charge in [0.05, 0.1) is 0 Å². The van der Waals surface area contributed by atoms with Crippen molar-refractivity contribution in [2.45, 2.75) is 18.6 Å². The first-order valence-electron chi connectivity index (χ1n) is 3.47. The van der Waals surface area contributed by atoms with Crippen LogP contribution in [0.5, 0.6) is 0 Å². The van der Waals surface area contributed by atoms with Gasteiger partial charge in [0.2, 0.25) is 0 Å². The van der Waals surface area contributed by atoms with Gasteiger partial charge in [-0.25, -0.2) is 0 Å². The molecule has 0 aliphatic heterocycles. The van der Waals surface area contributed by atoms with Crippen molar-refractivity contribution in [1.82, 2.24) is 0 Å². The van der Waals surface area contributed by atoms with Crippen LogP contribution in [0.2, 0.25) is 0 Å². The number of alkyl halides is 2. The van der Waals surface area contributed by atoms with E-state index < -0.39 is 5.79 Å². The average molecular weight is 290 g/mol. The molecule has 0 spiro atoms. The van der Waals surface area contributed by atoms with Gasteiger partial charge in [-0.3, -0.25) is 0 Å². The zero-order valence-corrected chi connectivity index (χ0v) is 10.1. The molecule has 0 rings (SSSR count). The molecule has 0 bridgehead atoms. The van der Waals surface area contributed by atoms with E-state index in [1.165, 1.54) is 0 Å². The van der Waals surface area contributed by atoms with Crippen LogP contribution in [0.15, 0.2) is 0 Å². The maximum absolute atomic E-state index is 5.29. The smallest absolute Gasteiger partial charge is 0.169 e. The number of hydrogen-bond acceptors (Lipinski definition) is 2. The maximum Gasteiger partial charge on any atom is 0.169 e.